The molecule has 104 valence electrons. The summed E-state index contributed by atoms with van der Waals surface area (Å²) in [5.74, 6) is 0.694. The van der Waals surface area contributed by atoms with E-state index in [4.69, 9.17) is 10.00 Å². The second kappa shape index (κ2) is 6.93. The van der Waals surface area contributed by atoms with E-state index in [1.807, 2.05) is 32.0 Å². The third-order valence-corrected chi connectivity index (χ3v) is 3.43. The molecule has 1 rings (SSSR count). The smallest absolute Gasteiger partial charge is 0.126 e. The SMILES string of the molecule is CC(O)c1ccc(Br)cc1OCCCC(C)(C)C#N. The van der Waals surface area contributed by atoms with Crippen LogP contribution in [0.1, 0.15) is 45.3 Å². The Balaban J connectivity index is 2.58. The van der Waals surface area contributed by atoms with Gasteiger partial charge in [0.15, 0.2) is 0 Å². The Kier molecular flexibility index (Phi) is 5.84. The first-order valence-corrected chi connectivity index (χ1v) is 7.16. The van der Waals surface area contributed by atoms with Crippen molar-refractivity contribution in [2.45, 2.75) is 39.7 Å². The van der Waals surface area contributed by atoms with Crippen molar-refractivity contribution in [3.8, 4) is 11.8 Å². The summed E-state index contributed by atoms with van der Waals surface area (Å²) in [6.07, 6.45) is 1.05. The van der Waals surface area contributed by atoms with E-state index in [0.717, 1.165) is 22.9 Å². The molecule has 0 fully saturated rings. The van der Waals surface area contributed by atoms with Gasteiger partial charge in [-0.2, -0.15) is 5.26 Å². The van der Waals surface area contributed by atoms with Crippen LogP contribution in [0.15, 0.2) is 22.7 Å². The lowest BCUT2D eigenvalue weighted by molar-refractivity contribution is 0.190. The zero-order valence-corrected chi connectivity index (χ0v) is 13.2. The Hall–Kier alpha value is -1.05. The van der Waals surface area contributed by atoms with Gasteiger partial charge in [-0.1, -0.05) is 22.0 Å². The molecule has 0 bridgehead atoms. The van der Waals surface area contributed by atoms with Crippen LogP contribution >= 0.6 is 15.9 Å². The van der Waals surface area contributed by atoms with Gasteiger partial charge >= 0.3 is 0 Å². The molecule has 0 spiro atoms. The van der Waals surface area contributed by atoms with Gasteiger partial charge in [0, 0.05) is 10.0 Å². The Labute approximate surface area is 123 Å². The van der Waals surface area contributed by atoms with Crippen molar-refractivity contribution in [1.29, 1.82) is 5.26 Å². The molecule has 1 aromatic rings. The number of ether oxygens (including phenoxy) is 1. The van der Waals surface area contributed by atoms with E-state index in [0.29, 0.717) is 12.4 Å². The monoisotopic (exact) mass is 325 g/mol. The normalized spacial score (nSPS) is 12.8. The maximum atomic E-state index is 9.68. The zero-order valence-electron chi connectivity index (χ0n) is 11.6. The first-order valence-electron chi connectivity index (χ1n) is 6.37. The number of hydrogen-bond acceptors (Lipinski definition) is 3. The predicted octanol–water partition coefficient (Wildman–Crippen LogP) is 4.21. The molecule has 0 aliphatic heterocycles. The maximum absolute atomic E-state index is 9.68. The van der Waals surface area contributed by atoms with Crippen molar-refractivity contribution in [2.75, 3.05) is 6.61 Å². The summed E-state index contributed by atoms with van der Waals surface area (Å²) >= 11 is 3.39. The van der Waals surface area contributed by atoms with Gasteiger partial charge in [0.2, 0.25) is 0 Å². The molecule has 0 saturated heterocycles. The maximum Gasteiger partial charge on any atom is 0.126 e. The molecule has 1 unspecified atom stereocenters. The summed E-state index contributed by atoms with van der Waals surface area (Å²) < 4.78 is 6.64. The molecular weight excluding hydrogens is 306 g/mol. The van der Waals surface area contributed by atoms with Crippen LogP contribution in [0, 0.1) is 16.7 Å². The Morgan fingerprint density at radius 1 is 1.47 bits per heavy atom. The molecule has 0 heterocycles. The number of rotatable bonds is 6. The molecule has 4 heteroatoms. The van der Waals surface area contributed by atoms with Gasteiger partial charge < -0.3 is 9.84 Å². The standard InChI is InChI=1S/C15H20BrNO2/c1-11(18)13-6-5-12(16)9-14(13)19-8-4-7-15(2,3)10-17/h5-6,9,11,18H,4,7-8H2,1-3H3. The van der Waals surface area contributed by atoms with E-state index >= 15 is 0 Å². The highest BCUT2D eigenvalue weighted by Gasteiger charge is 2.16. The van der Waals surface area contributed by atoms with E-state index < -0.39 is 6.10 Å². The van der Waals surface area contributed by atoms with Gasteiger partial charge in [0.1, 0.15) is 5.75 Å². The molecule has 0 aliphatic carbocycles. The summed E-state index contributed by atoms with van der Waals surface area (Å²) in [6.45, 7) is 6.11. The fourth-order valence-electron chi connectivity index (χ4n) is 1.73. The molecule has 0 saturated carbocycles. The topological polar surface area (TPSA) is 53.2 Å². The van der Waals surface area contributed by atoms with Crippen LogP contribution in [0.3, 0.4) is 0 Å². The number of aliphatic hydroxyl groups excluding tert-OH is 1. The van der Waals surface area contributed by atoms with E-state index in [1.54, 1.807) is 6.92 Å². The number of hydrogen-bond donors (Lipinski definition) is 1. The molecule has 3 nitrogen and oxygen atoms in total. The van der Waals surface area contributed by atoms with Gasteiger partial charge in [-0.15, -0.1) is 0 Å². The minimum Gasteiger partial charge on any atom is -0.493 e. The summed E-state index contributed by atoms with van der Waals surface area (Å²) in [6, 6.07) is 7.87. The second-order valence-corrected chi connectivity index (χ2v) is 6.22. The third kappa shape index (κ3) is 5.22. The van der Waals surface area contributed by atoms with Gasteiger partial charge in [-0.3, -0.25) is 0 Å². The van der Waals surface area contributed by atoms with Crippen LogP contribution in [-0.4, -0.2) is 11.7 Å². The summed E-state index contributed by atoms with van der Waals surface area (Å²) in [7, 11) is 0. The molecule has 0 aliphatic rings. The second-order valence-electron chi connectivity index (χ2n) is 5.31. The van der Waals surface area contributed by atoms with Gasteiger partial charge in [-0.05, 0) is 45.7 Å². The quantitative estimate of drug-likeness (QED) is 0.797. The van der Waals surface area contributed by atoms with Crippen LogP contribution in [0.25, 0.3) is 0 Å². The molecule has 19 heavy (non-hydrogen) atoms. The van der Waals surface area contributed by atoms with Crippen molar-refractivity contribution in [2.24, 2.45) is 5.41 Å². The first kappa shape index (κ1) is 16.0. The summed E-state index contributed by atoms with van der Waals surface area (Å²) in [5, 5.41) is 18.6. The van der Waals surface area contributed by atoms with Crippen LogP contribution in [0.4, 0.5) is 0 Å². The van der Waals surface area contributed by atoms with Gasteiger partial charge in [0.05, 0.1) is 24.2 Å². The highest BCUT2D eigenvalue weighted by molar-refractivity contribution is 9.10. The largest absolute Gasteiger partial charge is 0.493 e. The lowest BCUT2D eigenvalue weighted by atomic mass is 9.90. The number of benzene rings is 1. The fraction of sp³-hybridized carbons (Fsp3) is 0.533. The third-order valence-electron chi connectivity index (χ3n) is 2.93. The molecule has 0 aromatic heterocycles. The van der Waals surface area contributed by atoms with Crippen molar-refractivity contribution < 1.29 is 9.84 Å². The number of nitrogens with zero attached hydrogens (tertiary/aromatic N) is 1. The highest BCUT2D eigenvalue weighted by atomic mass is 79.9. The van der Waals surface area contributed by atoms with Crippen LogP contribution in [0.5, 0.6) is 5.75 Å². The Bertz CT molecular complexity index is 464. The average Bonchev–Trinajstić information content (AvgIpc) is 2.34. The van der Waals surface area contributed by atoms with E-state index in [9.17, 15) is 5.11 Å². The molecule has 1 atom stereocenters. The predicted molar refractivity (Wildman–Crippen MR) is 78.9 cm³/mol. The number of nitriles is 1. The number of aliphatic hydroxyl groups is 1. The molecule has 0 amide bonds. The minimum absolute atomic E-state index is 0.312. The lowest BCUT2D eigenvalue weighted by Gasteiger charge is -2.17. The van der Waals surface area contributed by atoms with Crippen molar-refractivity contribution in [3.63, 3.8) is 0 Å². The molecular formula is C15H20BrNO2. The van der Waals surface area contributed by atoms with E-state index in [-0.39, 0.29) is 5.41 Å². The van der Waals surface area contributed by atoms with E-state index in [1.165, 1.54) is 0 Å². The average molecular weight is 326 g/mol. The van der Waals surface area contributed by atoms with Crippen molar-refractivity contribution >= 4 is 15.9 Å². The fourth-order valence-corrected chi connectivity index (χ4v) is 2.07. The molecule has 1 aromatic carbocycles. The summed E-state index contributed by atoms with van der Waals surface area (Å²) in [5.41, 5.74) is 0.469. The highest BCUT2D eigenvalue weighted by Crippen LogP contribution is 2.29. The molecule has 1 N–H and O–H groups in total. The first-order chi connectivity index (χ1) is 8.85. The molecule has 0 radical (unpaired) electrons. The van der Waals surface area contributed by atoms with Crippen LogP contribution in [-0.2, 0) is 0 Å². The van der Waals surface area contributed by atoms with E-state index in [2.05, 4.69) is 22.0 Å². The summed E-state index contributed by atoms with van der Waals surface area (Å²) in [4.78, 5) is 0. The Morgan fingerprint density at radius 3 is 2.74 bits per heavy atom. The lowest BCUT2D eigenvalue weighted by Crippen LogP contribution is -2.10. The van der Waals surface area contributed by atoms with Gasteiger partial charge in [0.25, 0.3) is 0 Å². The van der Waals surface area contributed by atoms with Crippen molar-refractivity contribution in [1.82, 2.24) is 0 Å². The van der Waals surface area contributed by atoms with Gasteiger partial charge in [-0.25, -0.2) is 0 Å². The Morgan fingerprint density at radius 2 is 2.16 bits per heavy atom. The van der Waals surface area contributed by atoms with Crippen LogP contribution < -0.4 is 4.74 Å². The van der Waals surface area contributed by atoms with Crippen LogP contribution in [0.2, 0.25) is 0 Å². The zero-order chi connectivity index (χ0) is 14.5. The van der Waals surface area contributed by atoms with Crippen molar-refractivity contribution in [3.05, 3.63) is 28.2 Å². The number of halogens is 1. The minimum atomic E-state index is -0.557.